The zero-order chi connectivity index (χ0) is 15.5. The van der Waals surface area contributed by atoms with Crippen molar-refractivity contribution in [2.45, 2.75) is 26.2 Å². The molecule has 0 radical (unpaired) electrons. The van der Waals surface area contributed by atoms with Crippen LogP contribution in [-0.4, -0.2) is 35.0 Å². The standard InChI is InChI=1S/C15H18BrNO3S/c1-2-7-15(14(19)20)8-9-17(10-15)13(18)6-4-11-3-5-12(16)21-11/h3-6H,2,7-10H2,1H3,(H,19,20). The SMILES string of the molecule is CCCC1(C(=O)O)CCN(C(=O)C=Cc2ccc(Br)s2)C1. The number of likely N-dealkylation sites (tertiary alicyclic amines) is 1. The Morgan fingerprint density at radius 3 is 2.86 bits per heavy atom. The van der Waals surface area contributed by atoms with Gasteiger partial charge in [0.25, 0.3) is 0 Å². The summed E-state index contributed by atoms with van der Waals surface area (Å²) in [7, 11) is 0. The van der Waals surface area contributed by atoms with Crippen molar-refractivity contribution in [3.05, 3.63) is 26.9 Å². The number of carboxylic acids is 1. The second-order valence-corrected chi connectivity index (χ2v) is 7.82. The van der Waals surface area contributed by atoms with Crippen LogP contribution >= 0.6 is 27.3 Å². The van der Waals surface area contributed by atoms with E-state index in [-0.39, 0.29) is 5.91 Å². The number of hydrogen-bond donors (Lipinski definition) is 1. The number of carboxylic acid groups (broad SMARTS) is 1. The summed E-state index contributed by atoms with van der Waals surface area (Å²) in [5.41, 5.74) is -0.760. The van der Waals surface area contributed by atoms with Crippen LogP contribution in [0.4, 0.5) is 0 Å². The van der Waals surface area contributed by atoms with Gasteiger partial charge in [0.15, 0.2) is 0 Å². The van der Waals surface area contributed by atoms with E-state index in [1.54, 1.807) is 22.3 Å². The minimum Gasteiger partial charge on any atom is -0.481 e. The van der Waals surface area contributed by atoms with Crippen molar-refractivity contribution in [2.75, 3.05) is 13.1 Å². The summed E-state index contributed by atoms with van der Waals surface area (Å²) < 4.78 is 1.02. The summed E-state index contributed by atoms with van der Waals surface area (Å²) >= 11 is 4.93. The predicted octanol–water partition coefficient (Wildman–Crippen LogP) is 3.63. The number of carbonyl (C=O) groups excluding carboxylic acids is 1. The first-order chi connectivity index (χ1) is 9.97. The maximum Gasteiger partial charge on any atom is 0.311 e. The van der Waals surface area contributed by atoms with Gasteiger partial charge in [0.1, 0.15) is 0 Å². The molecule has 1 aliphatic heterocycles. The Kier molecular flexibility index (Phi) is 5.22. The van der Waals surface area contributed by atoms with E-state index in [2.05, 4.69) is 15.9 Å². The number of aliphatic carboxylic acids is 1. The van der Waals surface area contributed by atoms with Crippen LogP contribution in [0, 0.1) is 5.41 Å². The number of nitrogens with zero attached hydrogens (tertiary/aromatic N) is 1. The van der Waals surface area contributed by atoms with Crippen LogP contribution in [0.1, 0.15) is 31.1 Å². The Labute approximate surface area is 136 Å². The number of rotatable bonds is 5. The van der Waals surface area contributed by atoms with E-state index in [1.807, 2.05) is 19.1 Å². The van der Waals surface area contributed by atoms with Gasteiger partial charge in [0.05, 0.1) is 9.20 Å². The van der Waals surface area contributed by atoms with Crippen LogP contribution in [0.25, 0.3) is 6.08 Å². The van der Waals surface area contributed by atoms with E-state index in [0.717, 1.165) is 15.1 Å². The minimum absolute atomic E-state index is 0.112. The predicted molar refractivity (Wildman–Crippen MR) is 87.2 cm³/mol. The van der Waals surface area contributed by atoms with Crippen molar-refractivity contribution in [1.29, 1.82) is 0 Å². The summed E-state index contributed by atoms with van der Waals surface area (Å²) in [4.78, 5) is 26.3. The third-order valence-corrected chi connectivity index (χ3v) is 5.42. The van der Waals surface area contributed by atoms with Gasteiger partial charge in [-0.1, -0.05) is 13.3 Å². The average Bonchev–Trinajstić information content (AvgIpc) is 3.04. The molecular weight excluding hydrogens is 354 g/mol. The molecule has 6 heteroatoms. The number of carbonyl (C=O) groups is 2. The highest BCUT2D eigenvalue weighted by Gasteiger charge is 2.44. The molecule has 0 bridgehead atoms. The monoisotopic (exact) mass is 371 g/mol. The van der Waals surface area contributed by atoms with Gasteiger partial charge in [0.2, 0.25) is 5.91 Å². The Balaban J connectivity index is 2.01. The van der Waals surface area contributed by atoms with Crippen molar-refractivity contribution >= 4 is 45.2 Å². The molecule has 4 nitrogen and oxygen atoms in total. The molecule has 21 heavy (non-hydrogen) atoms. The molecule has 1 amide bonds. The molecule has 0 aliphatic carbocycles. The Bertz CT molecular complexity index is 569. The molecule has 0 aromatic carbocycles. The molecule has 0 saturated carbocycles. The van der Waals surface area contributed by atoms with Crippen molar-refractivity contribution in [3.8, 4) is 0 Å². The van der Waals surface area contributed by atoms with Gasteiger partial charge in [0, 0.05) is 24.0 Å². The van der Waals surface area contributed by atoms with Crippen LogP contribution in [0.2, 0.25) is 0 Å². The van der Waals surface area contributed by atoms with Crippen LogP contribution < -0.4 is 0 Å². The third kappa shape index (κ3) is 3.74. The van der Waals surface area contributed by atoms with Gasteiger partial charge in [-0.15, -0.1) is 11.3 Å². The van der Waals surface area contributed by atoms with Gasteiger partial charge >= 0.3 is 5.97 Å². The minimum atomic E-state index is -0.786. The molecule has 1 aromatic heterocycles. The van der Waals surface area contributed by atoms with E-state index >= 15 is 0 Å². The van der Waals surface area contributed by atoms with Gasteiger partial charge in [-0.25, -0.2) is 0 Å². The maximum absolute atomic E-state index is 12.2. The maximum atomic E-state index is 12.2. The zero-order valence-corrected chi connectivity index (χ0v) is 14.2. The van der Waals surface area contributed by atoms with Crippen molar-refractivity contribution in [1.82, 2.24) is 4.90 Å². The Morgan fingerprint density at radius 1 is 1.52 bits per heavy atom. The normalized spacial score (nSPS) is 22.1. The van der Waals surface area contributed by atoms with Crippen molar-refractivity contribution in [2.24, 2.45) is 5.41 Å². The molecular formula is C15H18BrNO3S. The second-order valence-electron chi connectivity index (χ2n) is 5.32. The zero-order valence-electron chi connectivity index (χ0n) is 11.8. The number of thiophene rings is 1. The lowest BCUT2D eigenvalue weighted by Gasteiger charge is -2.23. The summed E-state index contributed by atoms with van der Waals surface area (Å²) in [6.45, 7) is 2.81. The quantitative estimate of drug-likeness (QED) is 0.803. The van der Waals surface area contributed by atoms with E-state index in [9.17, 15) is 14.7 Å². The van der Waals surface area contributed by atoms with Gasteiger partial charge in [-0.2, -0.15) is 0 Å². The molecule has 2 heterocycles. The molecule has 1 aliphatic rings. The van der Waals surface area contributed by atoms with Crippen LogP contribution in [0.15, 0.2) is 22.0 Å². The van der Waals surface area contributed by atoms with Gasteiger partial charge < -0.3 is 10.0 Å². The second kappa shape index (κ2) is 6.75. The Morgan fingerprint density at radius 2 is 2.29 bits per heavy atom. The highest BCUT2D eigenvalue weighted by atomic mass is 79.9. The lowest BCUT2D eigenvalue weighted by Crippen LogP contribution is -2.36. The molecule has 0 spiro atoms. The average molecular weight is 372 g/mol. The first-order valence-electron chi connectivity index (χ1n) is 6.92. The topological polar surface area (TPSA) is 57.6 Å². The molecule has 1 aromatic rings. The smallest absolute Gasteiger partial charge is 0.311 e. The van der Waals surface area contributed by atoms with E-state index in [1.165, 1.54) is 6.08 Å². The number of hydrogen-bond acceptors (Lipinski definition) is 3. The van der Waals surface area contributed by atoms with Crippen LogP contribution in [0.5, 0.6) is 0 Å². The van der Waals surface area contributed by atoms with E-state index in [0.29, 0.717) is 25.9 Å². The van der Waals surface area contributed by atoms with Crippen LogP contribution in [-0.2, 0) is 9.59 Å². The Hall–Kier alpha value is -1.14. The fraction of sp³-hybridized carbons (Fsp3) is 0.467. The van der Waals surface area contributed by atoms with Crippen LogP contribution in [0.3, 0.4) is 0 Å². The number of halogens is 1. The fourth-order valence-electron chi connectivity index (χ4n) is 2.70. The highest BCUT2D eigenvalue weighted by molar-refractivity contribution is 9.11. The fourth-order valence-corrected chi connectivity index (χ4v) is 4.03. The largest absolute Gasteiger partial charge is 0.481 e. The molecule has 1 unspecified atom stereocenters. The third-order valence-electron chi connectivity index (χ3n) is 3.83. The molecule has 2 rings (SSSR count). The first kappa shape index (κ1) is 16.2. The first-order valence-corrected chi connectivity index (χ1v) is 8.53. The molecule has 114 valence electrons. The summed E-state index contributed by atoms with van der Waals surface area (Å²) in [6, 6.07) is 3.86. The van der Waals surface area contributed by atoms with Crippen molar-refractivity contribution < 1.29 is 14.7 Å². The summed E-state index contributed by atoms with van der Waals surface area (Å²) in [6.07, 6.45) is 5.28. The van der Waals surface area contributed by atoms with Gasteiger partial charge in [-0.3, -0.25) is 9.59 Å². The van der Waals surface area contributed by atoms with E-state index in [4.69, 9.17) is 0 Å². The highest BCUT2D eigenvalue weighted by Crippen LogP contribution is 2.35. The lowest BCUT2D eigenvalue weighted by atomic mass is 9.83. The summed E-state index contributed by atoms with van der Waals surface area (Å²) in [5.74, 6) is -0.899. The molecule has 1 fully saturated rings. The van der Waals surface area contributed by atoms with Crippen molar-refractivity contribution in [3.63, 3.8) is 0 Å². The molecule has 1 saturated heterocycles. The molecule has 1 N–H and O–H groups in total. The van der Waals surface area contributed by atoms with E-state index < -0.39 is 11.4 Å². The summed E-state index contributed by atoms with van der Waals surface area (Å²) in [5, 5.41) is 9.45. The molecule has 1 atom stereocenters. The number of amides is 1. The van der Waals surface area contributed by atoms with Gasteiger partial charge in [-0.05, 0) is 47.0 Å². The lowest BCUT2D eigenvalue weighted by molar-refractivity contribution is -0.148.